The monoisotopic (exact) mass is 397 g/mol. The lowest BCUT2D eigenvalue weighted by Crippen LogP contribution is -2.47. The number of nitrogens with one attached hydrogen (secondary N) is 1. The molecule has 1 aliphatic rings. The van der Waals surface area contributed by atoms with Gasteiger partial charge >= 0.3 is 0 Å². The first-order valence-corrected chi connectivity index (χ1v) is 10.9. The molecule has 0 bridgehead atoms. The van der Waals surface area contributed by atoms with Crippen molar-refractivity contribution >= 4 is 37.4 Å². The zero-order valence-electron chi connectivity index (χ0n) is 16.9. The van der Waals surface area contributed by atoms with E-state index >= 15 is 0 Å². The van der Waals surface area contributed by atoms with Crippen LogP contribution in [0.1, 0.15) is 51.8 Å². The van der Waals surface area contributed by atoms with Gasteiger partial charge in [-0.05, 0) is 38.2 Å². The molecular weight excluding hydrogens is 370 g/mol. The normalized spacial score (nSPS) is 23.8. The summed E-state index contributed by atoms with van der Waals surface area (Å²) in [6.45, 7) is 8.12. The Kier molecular flexibility index (Phi) is 5.00. The maximum atomic E-state index is 13.2. The number of thiophene rings is 1. The van der Waals surface area contributed by atoms with E-state index < -0.39 is 6.04 Å². The third-order valence-corrected chi connectivity index (χ3v) is 7.66. The van der Waals surface area contributed by atoms with Gasteiger partial charge in [0.2, 0.25) is 5.91 Å². The van der Waals surface area contributed by atoms with Crippen LogP contribution in [0.3, 0.4) is 0 Å². The van der Waals surface area contributed by atoms with Crippen LogP contribution in [0.5, 0.6) is 0 Å². The fourth-order valence-electron chi connectivity index (χ4n) is 4.34. The second kappa shape index (κ2) is 7.32. The van der Waals surface area contributed by atoms with Crippen LogP contribution in [-0.4, -0.2) is 21.7 Å². The number of hydrogen-bond donors (Lipinski definition) is 1. The molecule has 1 aromatic carbocycles. The van der Waals surface area contributed by atoms with Crippen LogP contribution in [0.4, 0.5) is 0 Å². The zero-order valence-corrected chi connectivity index (χ0v) is 17.7. The number of aryl methyl sites for hydroxylation is 1. The lowest BCUT2D eigenvalue weighted by Gasteiger charge is -2.35. The molecular formula is C22H27N3O2S. The van der Waals surface area contributed by atoms with Gasteiger partial charge < -0.3 is 5.32 Å². The molecule has 28 heavy (non-hydrogen) atoms. The molecule has 3 aromatic rings. The summed E-state index contributed by atoms with van der Waals surface area (Å²) in [6.07, 6.45) is 3.35. The average Bonchev–Trinajstić information content (AvgIpc) is 3.08. The van der Waals surface area contributed by atoms with Crippen LogP contribution >= 0.6 is 11.3 Å². The van der Waals surface area contributed by atoms with Crippen molar-refractivity contribution in [2.75, 3.05) is 0 Å². The molecule has 1 amide bonds. The Balaban J connectivity index is 1.70. The lowest BCUT2D eigenvalue weighted by atomic mass is 9.78. The number of hydrogen-bond acceptors (Lipinski definition) is 4. The van der Waals surface area contributed by atoms with Crippen molar-refractivity contribution in [2.24, 2.45) is 11.8 Å². The van der Waals surface area contributed by atoms with E-state index in [0.29, 0.717) is 17.2 Å². The first kappa shape index (κ1) is 19.1. The molecule has 6 heteroatoms. The second-order valence-corrected chi connectivity index (χ2v) is 9.25. The number of nitrogens with zero attached hydrogens (tertiary/aromatic N) is 2. The predicted molar refractivity (Wildman–Crippen MR) is 115 cm³/mol. The summed E-state index contributed by atoms with van der Waals surface area (Å²) in [5, 5.41) is 9.30. The van der Waals surface area contributed by atoms with Gasteiger partial charge in [0.15, 0.2) is 0 Å². The Hall–Kier alpha value is -2.21. The molecule has 4 rings (SSSR count). The summed E-state index contributed by atoms with van der Waals surface area (Å²) in [7, 11) is 0. The lowest BCUT2D eigenvalue weighted by molar-refractivity contribution is -0.125. The maximum Gasteiger partial charge on any atom is 0.276 e. The van der Waals surface area contributed by atoms with Gasteiger partial charge in [-0.2, -0.15) is 5.10 Å². The van der Waals surface area contributed by atoms with Crippen LogP contribution in [-0.2, 0) is 4.79 Å². The number of rotatable bonds is 3. The number of amides is 1. The highest BCUT2D eigenvalue weighted by atomic mass is 32.1. The van der Waals surface area contributed by atoms with E-state index in [-0.39, 0.29) is 17.5 Å². The highest BCUT2D eigenvalue weighted by molar-refractivity contribution is 7.26. The topological polar surface area (TPSA) is 64.0 Å². The van der Waals surface area contributed by atoms with Gasteiger partial charge in [0.25, 0.3) is 5.56 Å². The average molecular weight is 398 g/mol. The van der Waals surface area contributed by atoms with Crippen LogP contribution in [0, 0.1) is 18.8 Å². The molecule has 2 heterocycles. The van der Waals surface area contributed by atoms with Gasteiger partial charge in [-0.1, -0.05) is 44.9 Å². The van der Waals surface area contributed by atoms with E-state index in [9.17, 15) is 9.59 Å². The molecule has 1 aliphatic carbocycles. The van der Waals surface area contributed by atoms with E-state index in [0.717, 1.165) is 33.3 Å². The van der Waals surface area contributed by atoms with E-state index in [2.05, 4.69) is 24.3 Å². The third kappa shape index (κ3) is 3.13. The Morgan fingerprint density at radius 3 is 2.82 bits per heavy atom. The first-order chi connectivity index (χ1) is 13.4. The molecule has 148 valence electrons. The Morgan fingerprint density at radius 1 is 1.29 bits per heavy atom. The zero-order chi connectivity index (χ0) is 20.0. The Morgan fingerprint density at radius 2 is 2.04 bits per heavy atom. The van der Waals surface area contributed by atoms with E-state index in [1.54, 1.807) is 18.3 Å². The smallest absolute Gasteiger partial charge is 0.276 e. The summed E-state index contributed by atoms with van der Waals surface area (Å²) in [5.41, 5.74) is 0.598. The van der Waals surface area contributed by atoms with Crippen molar-refractivity contribution in [1.29, 1.82) is 0 Å². The first-order valence-electron chi connectivity index (χ1n) is 10.1. The number of fused-ring (bicyclic) bond motifs is 3. The molecule has 0 unspecified atom stereocenters. The molecule has 1 N–H and O–H groups in total. The van der Waals surface area contributed by atoms with Crippen molar-refractivity contribution in [2.45, 2.75) is 59.0 Å². The highest BCUT2D eigenvalue weighted by Gasteiger charge is 2.30. The minimum atomic E-state index is -0.640. The second-order valence-electron chi connectivity index (χ2n) is 8.20. The van der Waals surface area contributed by atoms with Gasteiger partial charge in [0, 0.05) is 16.1 Å². The van der Waals surface area contributed by atoms with Crippen LogP contribution in [0.2, 0.25) is 0 Å². The summed E-state index contributed by atoms with van der Waals surface area (Å²) in [5.74, 6) is 0.921. The fourth-order valence-corrected chi connectivity index (χ4v) is 5.48. The van der Waals surface area contributed by atoms with Gasteiger partial charge in [-0.15, -0.1) is 11.3 Å². The Labute approximate surface area is 168 Å². The van der Waals surface area contributed by atoms with E-state index in [1.165, 1.54) is 11.1 Å². The van der Waals surface area contributed by atoms with Crippen LogP contribution in [0.25, 0.3) is 20.2 Å². The highest BCUT2D eigenvalue weighted by Crippen LogP contribution is 2.33. The predicted octanol–water partition coefficient (Wildman–Crippen LogP) is 4.42. The summed E-state index contributed by atoms with van der Waals surface area (Å²) < 4.78 is 3.34. The van der Waals surface area contributed by atoms with Gasteiger partial charge in [0.05, 0.1) is 15.8 Å². The van der Waals surface area contributed by atoms with Gasteiger partial charge in [0.1, 0.15) is 6.04 Å². The number of carbonyl (C=O) groups excluding carboxylic acids is 1. The Bertz CT molecular complexity index is 1100. The third-order valence-electron chi connectivity index (χ3n) is 6.38. The molecule has 1 fully saturated rings. The maximum absolute atomic E-state index is 13.2. The summed E-state index contributed by atoms with van der Waals surface area (Å²) in [6, 6.07) is 7.43. The van der Waals surface area contributed by atoms with Crippen molar-refractivity contribution in [1.82, 2.24) is 15.1 Å². The van der Waals surface area contributed by atoms with Crippen molar-refractivity contribution < 1.29 is 4.79 Å². The van der Waals surface area contributed by atoms with Gasteiger partial charge in [-0.3, -0.25) is 9.59 Å². The molecule has 0 spiro atoms. The molecule has 0 aliphatic heterocycles. The molecule has 4 atom stereocenters. The molecule has 5 nitrogen and oxygen atoms in total. The molecule has 1 saturated carbocycles. The quantitative estimate of drug-likeness (QED) is 0.711. The molecule has 0 saturated heterocycles. The standard InChI is InChI=1S/C22H27N3O2S/c1-12-8-7-10-17(13(12)2)23-21(26)15(4)25-22(27)19-16-9-5-6-11-18(16)28-20(19)14(3)24-25/h5-6,9,11-13,15,17H,7-8,10H2,1-4H3,(H,23,26)/t12-,13-,15-,17-/m1/s1. The SMILES string of the molecule is Cc1nn([C@H](C)C(=O)N[C@@H]2CCC[C@@H](C)[C@H]2C)c(=O)c2c1sc1ccccc12. The van der Waals surface area contributed by atoms with Crippen molar-refractivity contribution in [3.8, 4) is 0 Å². The van der Waals surface area contributed by atoms with Crippen molar-refractivity contribution in [3.05, 3.63) is 40.3 Å². The minimum Gasteiger partial charge on any atom is -0.351 e. The van der Waals surface area contributed by atoms with E-state index in [4.69, 9.17) is 0 Å². The fraction of sp³-hybridized carbons (Fsp3) is 0.500. The number of carbonyl (C=O) groups is 1. The van der Waals surface area contributed by atoms with Crippen LogP contribution < -0.4 is 10.9 Å². The summed E-state index contributed by atoms with van der Waals surface area (Å²) in [4.78, 5) is 26.2. The number of benzene rings is 1. The minimum absolute atomic E-state index is 0.126. The molecule has 0 radical (unpaired) electrons. The number of aromatic nitrogens is 2. The van der Waals surface area contributed by atoms with Crippen molar-refractivity contribution in [3.63, 3.8) is 0 Å². The van der Waals surface area contributed by atoms with E-state index in [1.807, 2.05) is 31.2 Å². The largest absolute Gasteiger partial charge is 0.351 e. The van der Waals surface area contributed by atoms with Crippen LogP contribution in [0.15, 0.2) is 29.1 Å². The van der Waals surface area contributed by atoms with Gasteiger partial charge in [-0.25, -0.2) is 4.68 Å². The molecule has 2 aromatic heterocycles. The summed E-state index contributed by atoms with van der Waals surface area (Å²) >= 11 is 1.58.